The number of benzene rings is 1. The Balaban J connectivity index is 1.61. The molecule has 0 bridgehead atoms. The smallest absolute Gasteiger partial charge is 0.261 e. The van der Waals surface area contributed by atoms with E-state index in [0.717, 1.165) is 17.4 Å². The summed E-state index contributed by atoms with van der Waals surface area (Å²) in [6, 6.07) is 9.44. The number of pyridine rings is 1. The number of rotatable bonds is 5. The quantitative estimate of drug-likeness (QED) is 0.646. The van der Waals surface area contributed by atoms with Crippen molar-refractivity contribution in [3.63, 3.8) is 0 Å². The second-order valence-electron chi connectivity index (χ2n) is 7.71. The molecular formula is C21H23N5O4S. The monoisotopic (exact) mass is 441 g/mol. The fourth-order valence-corrected chi connectivity index (χ4v) is 5.06. The van der Waals surface area contributed by atoms with E-state index in [1.807, 2.05) is 0 Å². The lowest BCUT2D eigenvalue weighted by molar-refractivity contribution is -0.116. The number of nitrogens with zero attached hydrogens (tertiary/aromatic N) is 4. The molecule has 1 aliphatic rings. The number of hydrogen-bond acceptors (Lipinski definition) is 6. The third-order valence-corrected chi connectivity index (χ3v) is 7.32. The molecule has 2 aromatic heterocycles. The van der Waals surface area contributed by atoms with Crippen molar-refractivity contribution in [2.24, 2.45) is 5.92 Å². The maximum absolute atomic E-state index is 13.0. The van der Waals surface area contributed by atoms with Gasteiger partial charge in [-0.25, -0.2) is 18.4 Å². The molecule has 1 fully saturated rings. The molecule has 0 radical (unpaired) electrons. The number of carbonyl (C=O) groups is 1. The Morgan fingerprint density at radius 2 is 1.94 bits per heavy atom. The molecule has 0 spiro atoms. The summed E-state index contributed by atoms with van der Waals surface area (Å²) in [4.78, 5) is 33.5. The van der Waals surface area contributed by atoms with Gasteiger partial charge in [0, 0.05) is 19.3 Å². The molecule has 162 valence electrons. The highest BCUT2D eigenvalue weighted by molar-refractivity contribution is 7.89. The van der Waals surface area contributed by atoms with Crippen molar-refractivity contribution in [2.45, 2.75) is 31.2 Å². The number of fused-ring (bicyclic) bond motifs is 1. The Morgan fingerprint density at radius 3 is 2.65 bits per heavy atom. The van der Waals surface area contributed by atoms with Crippen LogP contribution in [0, 0.1) is 5.92 Å². The van der Waals surface area contributed by atoms with Gasteiger partial charge < -0.3 is 5.32 Å². The lowest BCUT2D eigenvalue weighted by Gasteiger charge is -2.29. The molecule has 0 saturated carbocycles. The normalized spacial score (nSPS) is 15.8. The molecule has 0 atom stereocenters. The zero-order chi connectivity index (χ0) is 22.0. The van der Waals surface area contributed by atoms with E-state index in [4.69, 9.17) is 0 Å². The van der Waals surface area contributed by atoms with Gasteiger partial charge >= 0.3 is 0 Å². The lowest BCUT2D eigenvalue weighted by Crippen LogP contribution is -2.38. The SMILES string of the molecule is CC1CCN(S(=O)(=O)c2ccc3ncn(CC(=O)Nc4ccccn4)c(=O)c3c2)CC1. The summed E-state index contributed by atoms with van der Waals surface area (Å²) in [5.74, 6) is 0.434. The van der Waals surface area contributed by atoms with Crippen molar-refractivity contribution in [3.8, 4) is 0 Å². The molecule has 31 heavy (non-hydrogen) atoms. The van der Waals surface area contributed by atoms with Crippen LogP contribution in [0.25, 0.3) is 10.9 Å². The summed E-state index contributed by atoms with van der Waals surface area (Å²) >= 11 is 0. The molecule has 9 nitrogen and oxygen atoms in total. The van der Waals surface area contributed by atoms with E-state index >= 15 is 0 Å². The molecule has 1 N–H and O–H groups in total. The van der Waals surface area contributed by atoms with E-state index in [2.05, 4.69) is 22.2 Å². The molecule has 1 saturated heterocycles. The predicted octanol–water partition coefficient (Wildman–Crippen LogP) is 1.85. The first-order chi connectivity index (χ1) is 14.8. The average Bonchev–Trinajstić information content (AvgIpc) is 2.76. The van der Waals surface area contributed by atoms with Crippen LogP contribution in [-0.4, -0.2) is 46.3 Å². The maximum atomic E-state index is 13.0. The van der Waals surface area contributed by atoms with Gasteiger partial charge in [-0.2, -0.15) is 4.31 Å². The van der Waals surface area contributed by atoms with Gasteiger partial charge in [-0.3, -0.25) is 14.2 Å². The largest absolute Gasteiger partial charge is 0.309 e. The van der Waals surface area contributed by atoms with Crippen LogP contribution in [0.15, 0.2) is 58.6 Å². The number of anilines is 1. The Morgan fingerprint density at radius 1 is 1.16 bits per heavy atom. The van der Waals surface area contributed by atoms with E-state index in [1.54, 1.807) is 24.4 Å². The summed E-state index contributed by atoms with van der Waals surface area (Å²) in [5.41, 5.74) is -0.108. The molecule has 0 unspecified atom stereocenters. The minimum Gasteiger partial charge on any atom is -0.309 e. The second kappa shape index (κ2) is 8.56. The Kier molecular flexibility index (Phi) is 5.84. The number of carbonyl (C=O) groups excluding carboxylic acids is 1. The van der Waals surface area contributed by atoms with Crippen LogP contribution in [0.2, 0.25) is 0 Å². The van der Waals surface area contributed by atoms with E-state index in [1.165, 1.54) is 28.8 Å². The topological polar surface area (TPSA) is 114 Å². The van der Waals surface area contributed by atoms with E-state index in [0.29, 0.717) is 30.3 Å². The van der Waals surface area contributed by atoms with Crippen LogP contribution in [0.3, 0.4) is 0 Å². The third kappa shape index (κ3) is 4.49. The molecule has 0 aliphatic carbocycles. The predicted molar refractivity (Wildman–Crippen MR) is 116 cm³/mol. The molecule has 3 aromatic rings. The third-order valence-electron chi connectivity index (χ3n) is 5.42. The minimum absolute atomic E-state index is 0.0594. The zero-order valence-corrected chi connectivity index (χ0v) is 17.9. The second-order valence-corrected chi connectivity index (χ2v) is 9.64. The number of hydrogen-bond donors (Lipinski definition) is 1. The molecule has 1 aliphatic heterocycles. The van der Waals surface area contributed by atoms with Gasteiger partial charge in [0.2, 0.25) is 15.9 Å². The number of aromatic nitrogens is 3. The number of nitrogens with one attached hydrogen (secondary N) is 1. The van der Waals surface area contributed by atoms with Crippen molar-refractivity contribution < 1.29 is 13.2 Å². The van der Waals surface area contributed by atoms with Gasteiger partial charge in [-0.1, -0.05) is 13.0 Å². The summed E-state index contributed by atoms with van der Waals surface area (Å²) in [6.07, 6.45) is 4.45. The summed E-state index contributed by atoms with van der Waals surface area (Å²) < 4.78 is 28.7. The average molecular weight is 442 g/mol. The number of amides is 1. The highest BCUT2D eigenvalue weighted by Crippen LogP contribution is 2.24. The first-order valence-corrected chi connectivity index (χ1v) is 11.5. The van der Waals surface area contributed by atoms with Crippen LogP contribution >= 0.6 is 0 Å². The summed E-state index contributed by atoms with van der Waals surface area (Å²) in [5, 5.41) is 2.76. The van der Waals surface area contributed by atoms with Gasteiger partial charge in [-0.15, -0.1) is 0 Å². The van der Waals surface area contributed by atoms with E-state index in [9.17, 15) is 18.0 Å². The van der Waals surface area contributed by atoms with E-state index < -0.39 is 21.5 Å². The molecule has 1 amide bonds. The van der Waals surface area contributed by atoms with Crippen LogP contribution in [-0.2, 0) is 21.4 Å². The fraction of sp³-hybridized carbons (Fsp3) is 0.333. The molecule has 3 heterocycles. The van der Waals surface area contributed by atoms with Gasteiger partial charge in [0.1, 0.15) is 12.4 Å². The van der Waals surface area contributed by atoms with E-state index in [-0.39, 0.29) is 16.8 Å². The van der Waals surface area contributed by atoms with Crippen LogP contribution in [0.4, 0.5) is 5.82 Å². The molecule has 1 aromatic carbocycles. The highest BCUT2D eigenvalue weighted by Gasteiger charge is 2.28. The number of sulfonamides is 1. The van der Waals surface area contributed by atoms with Crippen LogP contribution in [0.1, 0.15) is 19.8 Å². The zero-order valence-electron chi connectivity index (χ0n) is 17.1. The standard InChI is InChI=1S/C21H23N5O4S/c1-15-7-10-26(11-8-15)31(29,30)16-5-6-18-17(12-16)21(28)25(14-23-18)13-20(27)24-19-4-2-3-9-22-19/h2-6,9,12,14-15H,7-8,10-11,13H2,1H3,(H,22,24,27). The summed E-state index contributed by atoms with van der Waals surface area (Å²) in [6.45, 7) is 2.77. The first-order valence-electron chi connectivity index (χ1n) is 10.0. The molecular weight excluding hydrogens is 418 g/mol. The van der Waals surface area contributed by atoms with Crippen LogP contribution < -0.4 is 10.9 Å². The Bertz CT molecular complexity index is 1270. The maximum Gasteiger partial charge on any atom is 0.261 e. The van der Waals surface area contributed by atoms with Crippen LogP contribution in [0.5, 0.6) is 0 Å². The minimum atomic E-state index is -3.70. The van der Waals surface area contributed by atoms with Crippen molar-refractivity contribution in [2.75, 3.05) is 18.4 Å². The van der Waals surface area contributed by atoms with Crippen molar-refractivity contribution in [1.29, 1.82) is 0 Å². The molecule has 4 rings (SSSR count). The Hall–Kier alpha value is -3.11. The van der Waals surface area contributed by atoms with Crippen molar-refractivity contribution in [1.82, 2.24) is 18.8 Å². The van der Waals surface area contributed by atoms with Crippen molar-refractivity contribution in [3.05, 3.63) is 59.3 Å². The van der Waals surface area contributed by atoms with Gasteiger partial charge in [-0.05, 0) is 49.1 Å². The van der Waals surface area contributed by atoms with Gasteiger partial charge in [0.15, 0.2) is 0 Å². The molecule has 10 heteroatoms. The first kappa shape index (κ1) is 21.1. The van der Waals surface area contributed by atoms with Crippen molar-refractivity contribution >= 4 is 32.7 Å². The van der Waals surface area contributed by atoms with Gasteiger partial charge in [0.05, 0.1) is 22.1 Å². The fourth-order valence-electron chi connectivity index (χ4n) is 3.56. The van der Waals surface area contributed by atoms with Gasteiger partial charge in [0.25, 0.3) is 5.56 Å². The highest BCUT2D eigenvalue weighted by atomic mass is 32.2. The number of piperidine rings is 1. The Labute approximate surface area is 179 Å². The summed E-state index contributed by atoms with van der Waals surface area (Å²) in [7, 11) is -3.70. The lowest BCUT2D eigenvalue weighted by atomic mass is 10.0.